The van der Waals surface area contributed by atoms with E-state index in [9.17, 15) is 9.32 Å². The molecule has 0 aromatic heterocycles. The van der Waals surface area contributed by atoms with Gasteiger partial charge in [0.1, 0.15) is 5.75 Å². The summed E-state index contributed by atoms with van der Waals surface area (Å²) in [5, 5.41) is 9.86. The van der Waals surface area contributed by atoms with E-state index in [1.165, 1.54) is 6.07 Å². The molecule has 4 heteroatoms. The van der Waals surface area contributed by atoms with Crippen LogP contribution in [0.5, 0.6) is 5.75 Å². The van der Waals surface area contributed by atoms with Crippen LogP contribution in [0.1, 0.15) is 31.9 Å². The molecule has 0 radical (unpaired) electrons. The summed E-state index contributed by atoms with van der Waals surface area (Å²) in [5.74, 6) is 0.205. The number of hydrogen-bond acceptors (Lipinski definition) is 2. The molecule has 1 rings (SSSR count). The highest BCUT2D eigenvalue weighted by atomic mass is 32.2. The molecule has 0 heterocycles. The van der Waals surface area contributed by atoms with E-state index in [0.717, 1.165) is 0 Å². The van der Waals surface area contributed by atoms with Crippen LogP contribution in [0.4, 0.5) is 0 Å². The number of aromatic hydroxyl groups is 1. The Morgan fingerprint density at radius 3 is 2.20 bits per heavy atom. The maximum Gasteiger partial charge on any atom is 0.186 e. The summed E-state index contributed by atoms with van der Waals surface area (Å²) in [7, 11) is 0. The molecule has 1 unspecified atom stereocenters. The molecule has 1 aromatic carbocycles. The number of phenolic OH excluding ortho intramolecular Hbond substituents is 1. The molecule has 0 bridgehead atoms. The van der Waals surface area contributed by atoms with Crippen LogP contribution < -0.4 is 0 Å². The Balaban J connectivity index is 3.45. The molecule has 2 N–H and O–H groups in total. The number of rotatable bonds is 1. The first-order chi connectivity index (χ1) is 6.73. The lowest BCUT2D eigenvalue weighted by Gasteiger charge is -2.22. The Kier molecular flexibility index (Phi) is 3.21. The van der Waals surface area contributed by atoms with Gasteiger partial charge < -0.3 is 9.66 Å². The first-order valence-corrected chi connectivity index (χ1v) is 5.79. The van der Waals surface area contributed by atoms with Crippen molar-refractivity contribution in [2.75, 3.05) is 0 Å². The first kappa shape index (κ1) is 12.2. The van der Waals surface area contributed by atoms with Gasteiger partial charge in [-0.15, -0.1) is 0 Å². The predicted octanol–water partition coefficient (Wildman–Crippen LogP) is 2.58. The van der Waals surface area contributed by atoms with Crippen LogP contribution in [0.15, 0.2) is 17.0 Å². The summed E-state index contributed by atoms with van der Waals surface area (Å²) in [6, 6.07) is 3.11. The minimum absolute atomic E-state index is 0.205. The van der Waals surface area contributed by atoms with Gasteiger partial charge in [-0.2, -0.15) is 0 Å². The molecule has 1 aromatic rings. The van der Waals surface area contributed by atoms with Crippen molar-refractivity contribution in [3.8, 4) is 5.75 Å². The zero-order valence-corrected chi connectivity index (χ0v) is 10.2. The maximum atomic E-state index is 11.0. The average molecular weight is 228 g/mol. The Labute approximate surface area is 92.4 Å². The van der Waals surface area contributed by atoms with Gasteiger partial charge in [-0.25, -0.2) is 4.21 Å². The average Bonchev–Trinajstić information content (AvgIpc) is 2.06. The molecule has 0 saturated heterocycles. The van der Waals surface area contributed by atoms with Crippen LogP contribution in [0, 0.1) is 6.92 Å². The van der Waals surface area contributed by atoms with Crippen molar-refractivity contribution in [1.29, 1.82) is 0 Å². The zero-order chi connectivity index (χ0) is 11.8. The monoisotopic (exact) mass is 228 g/mol. The van der Waals surface area contributed by atoms with Gasteiger partial charge in [-0.05, 0) is 30.0 Å². The molecular formula is C11H16O3S. The lowest BCUT2D eigenvalue weighted by Crippen LogP contribution is -2.12. The van der Waals surface area contributed by atoms with Crippen molar-refractivity contribution >= 4 is 11.1 Å². The van der Waals surface area contributed by atoms with Crippen LogP contribution >= 0.6 is 0 Å². The summed E-state index contributed by atoms with van der Waals surface area (Å²) in [5.41, 5.74) is 1.07. The molecule has 0 amide bonds. The number of benzene rings is 1. The molecule has 0 fully saturated rings. The minimum Gasteiger partial charge on any atom is -0.507 e. The molecule has 0 spiro atoms. The fraction of sp³-hybridized carbons (Fsp3) is 0.455. The van der Waals surface area contributed by atoms with Gasteiger partial charge in [0.15, 0.2) is 11.1 Å². The second kappa shape index (κ2) is 3.94. The summed E-state index contributed by atoms with van der Waals surface area (Å²) in [4.78, 5) is 0.329. The molecule has 0 aliphatic carbocycles. The molecule has 15 heavy (non-hydrogen) atoms. The van der Waals surface area contributed by atoms with E-state index in [-0.39, 0.29) is 11.2 Å². The van der Waals surface area contributed by atoms with Crippen molar-refractivity contribution in [2.45, 2.75) is 38.0 Å². The molecular weight excluding hydrogens is 212 g/mol. The molecule has 0 aliphatic heterocycles. The van der Waals surface area contributed by atoms with E-state index in [2.05, 4.69) is 0 Å². The highest BCUT2D eigenvalue weighted by molar-refractivity contribution is 7.79. The predicted molar refractivity (Wildman–Crippen MR) is 60.6 cm³/mol. The van der Waals surface area contributed by atoms with E-state index < -0.39 is 11.1 Å². The van der Waals surface area contributed by atoms with Crippen molar-refractivity contribution in [3.63, 3.8) is 0 Å². The van der Waals surface area contributed by atoms with Gasteiger partial charge in [-0.1, -0.05) is 20.8 Å². The Hall–Kier alpha value is -0.870. The third-order valence-electron chi connectivity index (χ3n) is 2.28. The summed E-state index contributed by atoms with van der Waals surface area (Å²) in [6.45, 7) is 7.57. The van der Waals surface area contributed by atoms with Crippen molar-refractivity contribution in [2.24, 2.45) is 0 Å². The lowest BCUT2D eigenvalue weighted by molar-refractivity contribution is 0.441. The van der Waals surface area contributed by atoms with Crippen molar-refractivity contribution in [3.05, 3.63) is 23.3 Å². The van der Waals surface area contributed by atoms with Crippen molar-refractivity contribution in [1.82, 2.24) is 0 Å². The second-order valence-electron chi connectivity index (χ2n) is 4.64. The van der Waals surface area contributed by atoms with Crippen LogP contribution in [0.3, 0.4) is 0 Å². The molecule has 1 atom stereocenters. The summed E-state index contributed by atoms with van der Waals surface area (Å²) < 4.78 is 20.0. The van der Waals surface area contributed by atoms with E-state index >= 15 is 0 Å². The quantitative estimate of drug-likeness (QED) is 0.726. The van der Waals surface area contributed by atoms with Crippen LogP contribution in [0.25, 0.3) is 0 Å². The van der Waals surface area contributed by atoms with Gasteiger partial charge in [0.05, 0.1) is 4.90 Å². The highest BCUT2D eigenvalue weighted by Gasteiger charge is 2.21. The third-order valence-corrected chi connectivity index (χ3v) is 2.92. The number of aryl methyl sites for hydroxylation is 1. The number of hydrogen-bond donors (Lipinski definition) is 2. The van der Waals surface area contributed by atoms with E-state index in [4.69, 9.17) is 4.55 Å². The van der Waals surface area contributed by atoms with E-state index in [1.807, 2.05) is 20.8 Å². The van der Waals surface area contributed by atoms with Crippen LogP contribution in [0.2, 0.25) is 0 Å². The number of phenols is 1. The topological polar surface area (TPSA) is 57.5 Å². The van der Waals surface area contributed by atoms with Gasteiger partial charge in [-0.3, -0.25) is 0 Å². The SMILES string of the molecule is Cc1cc(S(=O)O)cc(C(C)(C)C)c1O. The maximum absolute atomic E-state index is 11.0. The molecule has 0 aliphatic rings. The van der Waals surface area contributed by atoms with Crippen molar-refractivity contribution < 1.29 is 13.9 Å². The Bertz CT molecular complexity index is 405. The normalized spacial score (nSPS) is 13.9. The highest BCUT2D eigenvalue weighted by Crippen LogP contribution is 2.34. The van der Waals surface area contributed by atoms with Gasteiger partial charge >= 0.3 is 0 Å². The zero-order valence-electron chi connectivity index (χ0n) is 9.37. The van der Waals surface area contributed by atoms with Crippen LogP contribution in [-0.2, 0) is 16.5 Å². The Morgan fingerprint density at radius 2 is 1.80 bits per heavy atom. The van der Waals surface area contributed by atoms with Gasteiger partial charge in [0.25, 0.3) is 0 Å². The van der Waals surface area contributed by atoms with Gasteiger partial charge in [0.2, 0.25) is 0 Å². The fourth-order valence-electron chi connectivity index (χ4n) is 1.42. The molecule has 0 saturated carbocycles. The van der Waals surface area contributed by atoms with Gasteiger partial charge in [0, 0.05) is 5.56 Å². The van der Waals surface area contributed by atoms with Crippen LogP contribution in [-0.4, -0.2) is 13.9 Å². The van der Waals surface area contributed by atoms with E-state index in [0.29, 0.717) is 16.0 Å². The minimum atomic E-state index is -2.00. The summed E-state index contributed by atoms with van der Waals surface area (Å²) in [6.07, 6.45) is 0. The fourth-order valence-corrected chi connectivity index (χ4v) is 1.92. The lowest BCUT2D eigenvalue weighted by atomic mass is 9.85. The smallest absolute Gasteiger partial charge is 0.186 e. The largest absolute Gasteiger partial charge is 0.507 e. The Morgan fingerprint density at radius 1 is 1.27 bits per heavy atom. The molecule has 3 nitrogen and oxygen atoms in total. The molecule has 84 valence electrons. The van der Waals surface area contributed by atoms with E-state index in [1.54, 1.807) is 13.0 Å². The third kappa shape index (κ3) is 2.58. The second-order valence-corrected chi connectivity index (χ2v) is 5.61. The standard InChI is InChI=1S/C11H16O3S/c1-7-5-8(15(13)14)6-9(10(7)12)11(2,3)4/h5-6,12H,1-4H3,(H,13,14). The summed E-state index contributed by atoms with van der Waals surface area (Å²) >= 11 is -2.00. The first-order valence-electron chi connectivity index (χ1n) is 4.68.